The molecule has 5 nitrogen and oxygen atoms in total. The first-order chi connectivity index (χ1) is 11.2. The van der Waals surface area contributed by atoms with Crippen LogP contribution in [0.4, 0.5) is 0 Å². The van der Waals surface area contributed by atoms with Crippen molar-refractivity contribution in [2.75, 3.05) is 13.2 Å². The highest BCUT2D eigenvalue weighted by atomic mass is 32.1. The summed E-state index contributed by atoms with van der Waals surface area (Å²) in [6.07, 6.45) is 0. The van der Waals surface area contributed by atoms with Crippen LogP contribution in [0.1, 0.15) is 20.7 Å². The number of rotatable bonds is 5. The summed E-state index contributed by atoms with van der Waals surface area (Å²) in [5.74, 6) is -0.885. The van der Waals surface area contributed by atoms with Gasteiger partial charge < -0.3 is 9.47 Å². The van der Waals surface area contributed by atoms with E-state index in [2.05, 4.69) is 4.98 Å². The first-order valence-corrected chi connectivity index (χ1v) is 7.84. The third-order valence-electron chi connectivity index (χ3n) is 3.13. The van der Waals surface area contributed by atoms with Gasteiger partial charge in [0.2, 0.25) is 0 Å². The molecule has 116 valence electrons. The molecule has 0 aliphatic rings. The lowest BCUT2D eigenvalue weighted by Gasteiger charge is -2.06. The Morgan fingerprint density at radius 3 is 2.35 bits per heavy atom. The van der Waals surface area contributed by atoms with E-state index >= 15 is 0 Å². The molecule has 0 spiro atoms. The number of thiazole rings is 1. The Morgan fingerprint density at radius 1 is 0.913 bits per heavy atom. The van der Waals surface area contributed by atoms with Gasteiger partial charge in [0.1, 0.15) is 13.2 Å². The fourth-order valence-corrected chi connectivity index (χ4v) is 2.71. The summed E-state index contributed by atoms with van der Waals surface area (Å²) in [7, 11) is 0. The van der Waals surface area contributed by atoms with Gasteiger partial charge in [-0.1, -0.05) is 18.2 Å². The molecule has 0 amide bonds. The normalized spacial score (nSPS) is 10.4. The molecule has 0 bridgehead atoms. The molecule has 0 unspecified atom stereocenters. The maximum absolute atomic E-state index is 11.9. The molecule has 1 aromatic heterocycles. The minimum atomic E-state index is -0.448. The van der Waals surface area contributed by atoms with Gasteiger partial charge in [-0.05, 0) is 30.3 Å². The van der Waals surface area contributed by atoms with Crippen molar-refractivity contribution in [1.29, 1.82) is 0 Å². The monoisotopic (exact) mass is 327 g/mol. The molecule has 0 atom stereocenters. The van der Waals surface area contributed by atoms with Crippen molar-refractivity contribution in [3.8, 4) is 0 Å². The molecule has 23 heavy (non-hydrogen) atoms. The van der Waals surface area contributed by atoms with Gasteiger partial charge in [0.15, 0.2) is 0 Å². The van der Waals surface area contributed by atoms with E-state index in [0.29, 0.717) is 11.1 Å². The van der Waals surface area contributed by atoms with E-state index in [1.165, 1.54) is 11.3 Å². The van der Waals surface area contributed by atoms with Crippen LogP contribution >= 0.6 is 11.3 Å². The minimum Gasteiger partial charge on any atom is -0.458 e. The second-order valence-corrected chi connectivity index (χ2v) is 5.56. The van der Waals surface area contributed by atoms with Crippen molar-refractivity contribution in [2.24, 2.45) is 0 Å². The van der Waals surface area contributed by atoms with Crippen LogP contribution in [0.2, 0.25) is 0 Å². The van der Waals surface area contributed by atoms with Crippen molar-refractivity contribution in [3.05, 3.63) is 65.2 Å². The number of carbonyl (C=O) groups is 2. The summed E-state index contributed by atoms with van der Waals surface area (Å²) in [4.78, 5) is 27.8. The van der Waals surface area contributed by atoms with E-state index in [1.807, 2.05) is 6.07 Å². The lowest BCUT2D eigenvalue weighted by atomic mass is 10.2. The molecule has 2 aromatic carbocycles. The molecule has 0 radical (unpaired) electrons. The van der Waals surface area contributed by atoms with Crippen LogP contribution in [0.5, 0.6) is 0 Å². The topological polar surface area (TPSA) is 65.5 Å². The molecular weight excluding hydrogens is 314 g/mol. The summed E-state index contributed by atoms with van der Waals surface area (Å²) in [5, 5.41) is 0. The number of ether oxygens (including phenoxy) is 2. The number of hydrogen-bond donors (Lipinski definition) is 0. The molecule has 0 N–H and O–H groups in total. The molecule has 0 aliphatic heterocycles. The molecule has 1 heterocycles. The average Bonchev–Trinajstić information content (AvgIpc) is 3.06. The summed E-state index contributed by atoms with van der Waals surface area (Å²) in [5.41, 5.74) is 3.50. The average molecular weight is 327 g/mol. The third kappa shape index (κ3) is 3.73. The fraction of sp³-hybridized carbons (Fsp3) is 0.118. The van der Waals surface area contributed by atoms with Gasteiger partial charge in [-0.15, -0.1) is 11.3 Å². The summed E-state index contributed by atoms with van der Waals surface area (Å²) in [6.45, 7) is 0.0282. The zero-order chi connectivity index (χ0) is 16.1. The first-order valence-electron chi connectivity index (χ1n) is 6.96. The van der Waals surface area contributed by atoms with Crippen molar-refractivity contribution in [1.82, 2.24) is 4.98 Å². The number of carbonyl (C=O) groups excluding carboxylic acids is 2. The smallest absolute Gasteiger partial charge is 0.338 e. The maximum Gasteiger partial charge on any atom is 0.338 e. The van der Waals surface area contributed by atoms with E-state index in [-0.39, 0.29) is 13.2 Å². The lowest BCUT2D eigenvalue weighted by Crippen LogP contribution is -2.14. The predicted octanol–water partition coefficient (Wildman–Crippen LogP) is 3.31. The van der Waals surface area contributed by atoms with Crippen LogP contribution in [0.3, 0.4) is 0 Å². The zero-order valence-corrected chi connectivity index (χ0v) is 12.9. The number of benzene rings is 2. The molecule has 0 fully saturated rings. The van der Waals surface area contributed by atoms with Gasteiger partial charge in [-0.25, -0.2) is 14.6 Å². The molecule has 3 aromatic rings. The highest BCUT2D eigenvalue weighted by Crippen LogP contribution is 2.19. The van der Waals surface area contributed by atoms with Crippen molar-refractivity contribution < 1.29 is 19.1 Å². The number of hydrogen-bond acceptors (Lipinski definition) is 6. The lowest BCUT2D eigenvalue weighted by molar-refractivity contribution is 0.0266. The molecule has 3 rings (SSSR count). The van der Waals surface area contributed by atoms with E-state index in [1.54, 1.807) is 48.0 Å². The molecular formula is C17H13NO4S. The van der Waals surface area contributed by atoms with Crippen LogP contribution in [0, 0.1) is 0 Å². The SMILES string of the molecule is O=C(OCCOC(=O)c1ccc2ncsc2c1)c1ccccc1. The van der Waals surface area contributed by atoms with Crippen molar-refractivity contribution >= 4 is 33.5 Å². The minimum absolute atomic E-state index is 0.0120. The molecule has 0 saturated heterocycles. The Balaban J connectivity index is 1.48. The van der Waals surface area contributed by atoms with E-state index in [9.17, 15) is 9.59 Å². The largest absolute Gasteiger partial charge is 0.458 e. The van der Waals surface area contributed by atoms with Crippen LogP contribution in [-0.4, -0.2) is 30.1 Å². The summed E-state index contributed by atoms with van der Waals surface area (Å²) in [6, 6.07) is 13.8. The van der Waals surface area contributed by atoms with E-state index < -0.39 is 11.9 Å². The van der Waals surface area contributed by atoms with E-state index in [4.69, 9.17) is 9.47 Å². The van der Waals surface area contributed by atoms with Gasteiger partial charge in [-0.2, -0.15) is 0 Å². The van der Waals surface area contributed by atoms with Crippen LogP contribution in [0.15, 0.2) is 54.0 Å². The van der Waals surface area contributed by atoms with Crippen molar-refractivity contribution in [2.45, 2.75) is 0 Å². The highest BCUT2D eigenvalue weighted by Gasteiger charge is 2.10. The number of esters is 2. The molecule has 0 aliphatic carbocycles. The second kappa shape index (κ2) is 7.02. The Hall–Kier alpha value is -2.73. The van der Waals surface area contributed by atoms with Gasteiger partial charge >= 0.3 is 11.9 Å². The quantitative estimate of drug-likeness (QED) is 0.531. The van der Waals surface area contributed by atoms with Gasteiger partial charge in [-0.3, -0.25) is 0 Å². The van der Waals surface area contributed by atoms with E-state index in [0.717, 1.165) is 10.2 Å². The standard InChI is InChI=1S/C17H13NO4S/c19-16(12-4-2-1-3-5-12)21-8-9-22-17(20)13-6-7-14-15(10-13)23-11-18-14/h1-7,10-11H,8-9H2. The van der Waals surface area contributed by atoms with Gasteiger partial charge in [0.25, 0.3) is 0 Å². The summed E-state index contributed by atoms with van der Waals surface area (Å²) < 4.78 is 11.1. The first kappa shape index (κ1) is 15.2. The number of aromatic nitrogens is 1. The molecule has 0 saturated carbocycles. The Bertz CT molecular complexity index is 829. The fourth-order valence-electron chi connectivity index (χ4n) is 1.99. The zero-order valence-electron chi connectivity index (χ0n) is 12.1. The van der Waals surface area contributed by atoms with Crippen LogP contribution < -0.4 is 0 Å². The predicted molar refractivity (Wildman–Crippen MR) is 86.6 cm³/mol. The Labute approximate surface area is 136 Å². The molecule has 6 heteroatoms. The Kier molecular flexibility index (Phi) is 4.63. The maximum atomic E-state index is 11.9. The Morgan fingerprint density at radius 2 is 1.61 bits per heavy atom. The highest BCUT2D eigenvalue weighted by molar-refractivity contribution is 7.16. The van der Waals surface area contributed by atoms with Crippen molar-refractivity contribution in [3.63, 3.8) is 0 Å². The van der Waals surface area contributed by atoms with Gasteiger partial charge in [0, 0.05) is 0 Å². The van der Waals surface area contributed by atoms with Crippen LogP contribution in [-0.2, 0) is 9.47 Å². The number of nitrogens with zero attached hydrogens (tertiary/aromatic N) is 1. The van der Waals surface area contributed by atoms with Crippen LogP contribution in [0.25, 0.3) is 10.2 Å². The number of fused-ring (bicyclic) bond motifs is 1. The van der Waals surface area contributed by atoms with Gasteiger partial charge in [0.05, 0.1) is 26.9 Å². The summed E-state index contributed by atoms with van der Waals surface area (Å²) >= 11 is 1.46. The second-order valence-electron chi connectivity index (χ2n) is 4.67. The third-order valence-corrected chi connectivity index (χ3v) is 3.92.